The van der Waals surface area contributed by atoms with Crippen LogP contribution in [0.2, 0.25) is 0 Å². The molecule has 6 heteroatoms. The number of hydrogen-bond donors (Lipinski definition) is 2. The van der Waals surface area contributed by atoms with E-state index in [4.69, 9.17) is 0 Å². The third-order valence-corrected chi connectivity index (χ3v) is 3.49. The normalized spacial score (nSPS) is 10.5. The molecule has 22 heavy (non-hydrogen) atoms. The third-order valence-electron chi connectivity index (χ3n) is 3.49. The van der Waals surface area contributed by atoms with Crippen molar-refractivity contribution < 1.29 is 19.8 Å². The van der Waals surface area contributed by atoms with Crippen LogP contribution in [0, 0.1) is 27.7 Å². The Kier molecular flexibility index (Phi) is 3.95. The first-order chi connectivity index (χ1) is 10.2. The molecule has 2 heterocycles. The van der Waals surface area contributed by atoms with Crippen molar-refractivity contribution in [3.05, 3.63) is 45.8 Å². The lowest BCUT2D eigenvalue weighted by atomic mass is 10.0. The number of carboxylic acid groups (broad SMARTS) is 2. The highest BCUT2D eigenvalue weighted by Crippen LogP contribution is 2.24. The minimum atomic E-state index is -1.02. The Balaban J connectivity index is 2.63. The number of aryl methyl sites for hydroxylation is 4. The summed E-state index contributed by atoms with van der Waals surface area (Å²) in [5.41, 5.74) is 3.41. The standard InChI is InChI=1S/C16H16N2O4/c1-7-5-11(17-9(3)13(7)15(19)20)12-6-8(2)14(16(21)22)10(4)18-12/h5-6H,1-4H3,(H,19,20)(H,21,22). The van der Waals surface area contributed by atoms with Gasteiger partial charge in [-0.2, -0.15) is 0 Å². The molecule has 0 atom stereocenters. The van der Waals surface area contributed by atoms with Gasteiger partial charge in [0.15, 0.2) is 0 Å². The van der Waals surface area contributed by atoms with E-state index in [1.807, 2.05) is 0 Å². The van der Waals surface area contributed by atoms with E-state index in [1.165, 1.54) is 0 Å². The molecule has 2 rings (SSSR count). The Hall–Kier alpha value is -2.76. The Bertz CT molecular complexity index is 683. The molecular formula is C16H16N2O4. The van der Waals surface area contributed by atoms with Crippen LogP contribution >= 0.6 is 0 Å². The summed E-state index contributed by atoms with van der Waals surface area (Å²) in [5, 5.41) is 18.3. The van der Waals surface area contributed by atoms with Crippen LogP contribution < -0.4 is 0 Å². The van der Waals surface area contributed by atoms with Gasteiger partial charge in [0.2, 0.25) is 0 Å². The number of carboxylic acids is 2. The van der Waals surface area contributed by atoms with Crippen LogP contribution in [-0.4, -0.2) is 32.1 Å². The molecule has 2 aromatic heterocycles. The SMILES string of the molecule is Cc1cc(-c2cc(C)c(C(=O)O)c(C)n2)nc(C)c1C(=O)O. The highest BCUT2D eigenvalue weighted by molar-refractivity contribution is 5.92. The zero-order valence-electron chi connectivity index (χ0n) is 12.8. The van der Waals surface area contributed by atoms with E-state index in [1.54, 1.807) is 39.8 Å². The Morgan fingerprint density at radius 3 is 1.32 bits per heavy atom. The van der Waals surface area contributed by atoms with Gasteiger partial charge in [-0.15, -0.1) is 0 Å². The van der Waals surface area contributed by atoms with Crippen LogP contribution in [0.5, 0.6) is 0 Å². The molecule has 0 bridgehead atoms. The minimum Gasteiger partial charge on any atom is -0.478 e. The quantitative estimate of drug-likeness (QED) is 0.904. The highest BCUT2D eigenvalue weighted by Gasteiger charge is 2.17. The third kappa shape index (κ3) is 2.67. The summed E-state index contributed by atoms with van der Waals surface area (Å²) in [6.45, 7) is 6.66. The van der Waals surface area contributed by atoms with Crippen molar-refractivity contribution in [2.45, 2.75) is 27.7 Å². The number of hydrogen-bond acceptors (Lipinski definition) is 4. The fraction of sp³-hybridized carbons (Fsp3) is 0.250. The van der Waals surface area contributed by atoms with E-state index in [-0.39, 0.29) is 11.1 Å². The monoisotopic (exact) mass is 300 g/mol. The molecule has 0 saturated heterocycles. The molecule has 0 amide bonds. The molecule has 114 valence electrons. The van der Waals surface area contributed by atoms with Crippen molar-refractivity contribution in [3.8, 4) is 11.4 Å². The van der Waals surface area contributed by atoms with Gasteiger partial charge in [-0.25, -0.2) is 9.59 Å². The molecule has 0 fully saturated rings. The highest BCUT2D eigenvalue weighted by atomic mass is 16.4. The molecule has 0 aliphatic rings. The summed E-state index contributed by atoms with van der Waals surface area (Å²) in [6.07, 6.45) is 0. The first-order valence-corrected chi connectivity index (χ1v) is 6.65. The van der Waals surface area contributed by atoms with Crippen LogP contribution in [0.1, 0.15) is 43.2 Å². The van der Waals surface area contributed by atoms with Crippen LogP contribution in [0.4, 0.5) is 0 Å². The van der Waals surface area contributed by atoms with Crippen molar-refractivity contribution in [3.63, 3.8) is 0 Å². The summed E-state index contributed by atoms with van der Waals surface area (Å²) in [6, 6.07) is 3.30. The lowest BCUT2D eigenvalue weighted by Crippen LogP contribution is -2.08. The predicted molar refractivity (Wildman–Crippen MR) is 80.3 cm³/mol. The Morgan fingerprint density at radius 1 is 0.773 bits per heavy atom. The number of carbonyl (C=O) groups is 2. The molecule has 0 spiro atoms. The van der Waals surface area contributed by atoms with Gasteiger partial charge in [-0.3, -0.25) is 9.97 Å². The number of aromatic nitrogens is 2. The topological polar surface area (TPSA) is 100 Å². The van der Waals surface area contributed by atoms with Gasteiger partial charge in [0.25, 0.3) is 0 Å². The van der Waals surface area contributed by atoms with Gasteiger partial charge in [0, 0.05) is 0 Å². The van der Waals surface area contributed by atoms with Crippen molar-refractivity contribution in [2.24, 2.45) is 0 Å². The summed E-state index contributed by atoms with van der Waals surface area (Å²) in [7, 11) is 0. The molecule has 0 saturated carbocycles. The van der Waals surface area contributed by atoms with E-state index in [0.29, 0.717) is 33.9 Å². The summed E-state index contributed by atoms with van der Waals surface area (Å²) in [4.78, 5) is 31.0. The second kappa shape index (κ2) is 5.55. The second-order valence-electron chi connectivity index (χ2n) is 5.18. The van der Waals surface area contributed by atoms with Crippen LogP contribution in [0.15, 0.2) is 12.1 Å². The van der Waals surface area contributed by atoms with Crippen molar-refractivity contribution in [2.75, 3.05) is 0 Å². The zero-order chi connectivity index (χ0) is 16.6. The van der Waals surface area contributed by atoms with Gasteiger partial charge in [-0.1, -0.05) is 0 Å². The molecule has 0 unspecified atom stereocenters. The summed E-state index contributed by atoms with van der Waals surface area (Å²) < 4.78 is 0. The van der Waals surface area contributed by atoms with Gasteiger partial charge in [0.05, 0.1) is 33.9 Å². The molecule has 0 aliphatic heterocycles. The maximum Gasteiger partial charge on any atom is 0.337 e. The molecule has 6 nitrogen and oxygen atoms in total. The van der Waals surface area contributed by atoms with Crippen molar-refractivity contribution >= 4 is 11.9 Å². The smallest absolute Gasteiger partial charge is 0.337 e. The maximum absolute atomic E-state index is 11.2. The molecule has 0 aromatic carbocycles. The van der Waals surface area contributed by atoms with Crippen molar-refractivity contribution in [1.29, 1.82) is 0 Å². The van der Waals surface area contributed by atoms with Crippen molar-refractivity contribution in [1.82, 2.24) is 9.97 Å². The van der Waals surface area contributed by atoms with E-state index < -0.39 is 11.9 Å². The molecule has 2 aromatic rings. The molecular weight excluding hydrogens is 284 g/mol. The van der Waals surface area contributed by atoms with Gasteiger partial charge in [-0.05, 0) is 51.0 Å². The average Bonchev–Trinajstić information content (AvgIpc) is 2.35. The number of nitrogens with zero attached hydrogens (tertiary/aromatic N) is 2. The van der Waals surface area contributed by atoms with Gasteiger partial charge < -0.3 is 10.2 Å². The first kappa shape index (κ1) is 15.6. The lowest BCUT2D eigenvalue weighted by molar-refractivity contribution is 0.0683. The number of pyridine rings is 2. The van der Waals surface area contributed by atoms with Crippen LogP contribution in [0.25, 0.3) is 11.4 Å². The number of aromatic carboxylic acids is 2. The first-order valence-electron chi connectivity index (χ1n) is 6.65. The van der Waals surface area contributed by atoms with Gasteiger partial charge in [0.1, 0.15) is 0 Å². The minimum absolute atomic E-state index is 0.180. The van der Waals surface area contributed by atoms with E-state index in [2.05, 4.69) is 9.97 Å². The molecule has 2 N–H and O–H groups in total. The Morgan fingerprint density at radius 2 is 1.09 bits per heavy atom. The average molecular weight is 300 g/mol. The van der Waals surface area contributed by atoms with Crippen LogP contribution in [-0.2, 0) is 0 Å². The second-order valence-corrected chi connectivity index (χ2v) is 5.18. The predicted octanol–water partition coefficient (Wildman–Crippen LogP) is 2.77. The lowest BCUT2D eigenvalue weighted by Gasteiger charge is -2.11. The van der Waals surface area contributed by atoms with Crippen LogP contribution in [0.3, 0.4) is 0 Å². The maximum atomic E-state index is 11.2. The zero-order valence-corrected chi connectivity index (χ0v) is 12.8. The number of rotatable bonds is 3. The van der Waals surface area contributed by atoms with E-state index in [9.17, 15) is 19.8 Å². The largest absolute Gasteiger partial charge is 0.478 e. The van der Waals surface area contributed by atoms with Gasteiger partial charge >= 0.3 is 11.9 Å². The van der Waals surface area contributed by atoms with E-state index >= 15 is 0 Å². The van der Waals surface area contributed by atoms with E-state index in [0.717, 1.165) is 0 Å². The summed E-state index contributed by atoms with van der Waals surface area (Å²) in [5.74, 6) is -2.04. The molecule has 0 radical (unpaired) electrons. The fourth-order valence-corrected chi connectivity index (χ4v) is 2.57. The Labute approximate surface area is 127 Å². The fourth-order valence-electron chi connectivity index (χ4n) is 2.57. The molecule has 0 aliphatic carbocycles. The summed E-state index contributed by atoms with van der Waals surface area (Å²) >= 11 is 0.